The predicted molar refractivity (Wildman–Crippen MR) is 173 cm³/mol. The van der Waals surface area contributed by atoms with Crippen LogP contribution in [0.3, 0.4) is 0 Å². The van der Waals surface area contributed by atoms with Crippen LogP contribution in [0.1, 0.15) is 32.1 Å². The normalized spacial score (nSPS) is 17.3. The fraction of sp³-hybridized carbons (Fsp3) is 0.185. The number of fused-ring (bicyclic) bond motifs is 2. The lowest BCUT2D eigenvalue weighted by atomic mass is 10.0. The molecular formula is C27H21N9O11S3. The number of aromatic nitrogens is 5. The van der Waals surface area contributed by atoms with Gasteiger partial charge in [0.2, 0.25) is 0 Å². The van der Waals surface area contributed by atoms with E-state index in [4.69, 9.17) is 10.6 Å². The number of aromatic carboxylic acids is 2. The summed E-state index contributed by atoms with van der Waals surface area (Å²) in [6.07, 6.45) is 1.19. The van der Waals surface area contributed by atoms with Gasteiger partial charge in [-0.25, -0.2) is 24.4 Å². The van der Waals surface area contributed by atoms with E-state index in [1.807, 2.05) is 0 Å². The van der Waals surface area contributed by atoms with Gasteiger partial charge in [-0.1, -0.05) is 5.16 Å². The molecule has 5 heterocycles. The number of phenolic OH excluding ortho intramolecular Hbond substituents is 2. The number of carboxylic acids is 3. The van der Waals surface area contributed by atoms with Crippen LogP contribution in [0.25, 0.3) is 5.78 Å². The SMILES string of the molecule is Nc1nc(/C(=N/OCc2cc(C(=O)O)cc(O)c2O)C(=O)N[C@@H]2C(=O)N3C(C(=O)O)=C(CSc4cc(C(=O)O)nc5ncnn45)CS[C@H]23)cs1. The highest BCUT2D eigenvalue weighted by Crippen LogP contribution is 2.42. The smallest absolute Gasteiger partial charge is 0.354 e. The van der Waals surface area contributed by atoms with Gasteiger partial charge in [0.1, 0.15) is 40.8 Å². The zero-order chi connectivity index (χ0) is 35.9. The Kier molecular flexibility index (Phi) is 9.18. The summed E-state index contributed by atoms with van der Waals surface area (Å²) in [7, 11) is 0. The molecule has 0 unspecified atom stereocenters. The fourth-order valence-corrected chi connectivity index (χ4v) is 7.87. The maximum absolute atomic E-state index is 13.4. The summed E-state index contributed by atoms with van der Waals surface area (Å²) in [6.45, 7) is -0.585. The second-order valence-corrected chi connectivity index (χ2v) is 13.2. The van der Waals surface area contributed by atoms with Gasteiger partial charge in [-0.05, 0) is 17.7 Å². The predicted octanol–water partition coefficient (Wildman–Crippen LogP) is 0.422. The average Bonchev–Trinajstić information content (AvgIpc) is 3.74. The van der Waals surface area contributed by atoms with Crippen LogP contribution in [0.15, 0.2) is 51.4 Å². The van der Waals surface area contributed by atoms with Crippen molar-refractivity contribution in [2.45, 2.75) is 23.0 Å². The highest BCUT2D eigenvalue weighted by molar-refractivity contribution is 8.01. The molecule has 3 aromatic heterocycles. The molecule has 0 radical (unpaired) electrons. The molecule has 1 fully saturated rings. The number of nitrogens with zero attached hydrogens (tertiary/aromatic N) is 7. The lowest BCUT2D eigenvalue weighted by Gasteiger charge is -2.49. The highest BCUT2D eigenvalue weighted by Gasteiger charge is 2.54. The Morgan fingerprint density at radius 1 is 1.08 bits per heavy atom. The van der Waals surface area contributed by atoms with Gasteiger partial charge >= 0.3 is 17.9 Å². The van der Waals surface area contributed by atoms with E-state index in [0.29, 0.717) is 10.6 Å². The first-order valence-corrected chi connectivity index (χ1v) is 16.7. The van der Waals surface area contributed by atoms with Crippen molar-refractivity contribution in [2.24, 2.45) is 5.16 Å². The lowest BCUT2D eigenvalue weighted by Crippen LogP contribution is -2.71. The molecule has 2 aliphatic heterocycles. The molecule has 0 bridgehead atoms. The number of nitrogens with two attached hydrogens (primary N) is 1. The van der Waals surface area contributed by atoms with Crippen molar-refractivity contribution in [1.29, 1.82) is 0 Å². The Balaban J connectivity index is 1.19. The van der Waals surface area contributed by atoms with Crippen molar-refractivity contribution < 1.29 is 54.3 Å². The van der Waals surface area contributed by atoms with E-state index < -0.39 is 65.0 Å². The van der Waals surface area contributed by atoms with Crippen LogP contribution in [0.2, 0.25) is 0 Å². The third-order valence-electron chi connectivity index (χ3n) is 7.14. The first kappa shape index (κ1) is 33.9. The number of β-lactam (4-membered cyclic amide) rings is 1. The molecule has 2 aliphatic rings. The number of thiazole rings is 1. The minimum absolute atomic E-state index is 0.0351. The zero-order valence-corrected chi connectivity index (χ0v) is 27.2. The Labute approximate surface area is 290 Å². The molecule has 2 atom stereocenters. The number of carbonyl (C=O) groups is 5. The van der Waals surface area contributed by atoms with Crippen molar-refractivity contribution in [1.82, 2.24) is 34.8 Å². The van der Waals surface area contributed by atoms with Gasteiger partial charge in [-0.2, -0.15) is 14.6 Å². The Morgan fingerprint density at radius 3 is 2.54 bits per heavy atom. The molecule has 6 rings (SSSR count). The van der Waals surface area contributed by atoms with Crippen LogP contribution in [0.5, 0.6) is 11.5 Å². The molecule has 2 amide bonds. The molecule has 23 heteroatoms. The standard InChI is InChI=1S/C27H21N9O11S3/c28-26-31-13(7-50-26)16(34-47-4-10-1-9(23(41)42)2-14(37)19(10)38)20(39)33-17-21(40)35-18(25(45)46)11(6-49-22(17)35)5-48-15-3-12(24(43)44)32-27-29-8-30-36(15)27/h1-3,7-8,17,22,37-38H,4-6H2,(H2,28,31)(H,33,39)(H,41,42)(H,43,44)(H,45,46)/b34-16-/t17-,22-/m1/s1. The molecule has 20 nitrogen and oxygen atoms in total. The number of rotatable bonds is 12. The van der Waals surface area contributed by atoms with Crippen LogP contribution in [-0.4, -0.2) is 113 Å². The molecule has 1 aromatic carbocycles. The minimum atomic E-state index is -1.38. The van der Waals surface area contributed by atoms with Crippen LogP contribution < -0.4 is 11.1 Å². The molecule has 8 N–H and O–H groups in total. The number of carbonyl (C=O) groups excluding carboxylic acids is 2. The van der Waals surface area contributed by atoms with Crippen LogP contribution in [0, 0.1) is 0 Å². The van der Waals surface area contributed by atoms with Gasteiger partial charge in [0.25, 0.3) is 17.6 Å². The monoisotopic (exact) mass is 743 g/mol. The number of aromatic hydroxyl groups is 2. The number of hydrogen-bond donors (Lipinski definition) is 7. The number of phenols is 2. The van der Waals surface area contributed by atoms with Gasteiger partial charge in [-0.15, -0.1) is 34.9 Å². The van der Waals surface area contributed by atoms with Crippen molar-refractivity contribution in [2.75, 3.05) is 17.2 Å². The van der Waals surface area contributed by atoms with Crippen molar-refractivity contribution in [3.8, 4) is 11.5 Å². The summed E-state index contributed by atoms with van der Waals surface area (Å²) in [5.74, 6) is -6.88. The summed E-state index contributed by atoms with van der Waals surface area (Å²) in [5, 5.41) is 60.1. The lowest BCUT2D eigenvalue weighted by molar-refractivity contribution is -0.150. The van der Waals surface area contributed by atoms with E-state index in [0.717, 1.165) is 40.1 Å². The third-order valence-corrected chi connectivity index (χ3v) is 10.2. The van der Waals surface area contributed by atoms with Crippen LogP contribution in [0.4, 0.5) is 5.13 Å². The summed E-state index contributed by atoms with van der Waals surface area (Å²) in [4.78, 5) is 80.2. The minimum Gasteiger partial charge on any atom is -0.504 e. The van der Waals surface area contributed by atoms with Crippen LogP contribution in [-0.2, 0) is 25.8 Å². The molecule has 1 saturated heterocycles. The van der Waals surface area contributed by atoms with E-state index in [2.05, 4.69) is 30.5 Å². The second kappa shape index (κ2) is 13.5. The molecule has 50 heavy (non-hydrogen) atoms. The van der Waals surface area contributed by atoms with Crippen molar-refractivity contribution in [3.05, 3.63) is 63.7 Å². The van der Waals surface area contributed by atoms with Crippen LogP contribution >= 0.6 is 34.9 Å². The maximum atomic E-state index is 13.4. The third kappa shape index (κ3) is 6.42. The van der Waals surface area contributed by atoms with Gasteiger partial charge < -0.3 is 41.4 Å². The number of nitrogens with one attached hydrogen (secondary N) is 1. The van der Waals surface area contributed by atoms with E-state index in [9.17, 15) is 49.5 Å². The zero-order valence-electron chi connectivity index (χ0n) is 24.8. The van der Waals surface area contributed by atoms with Crippen molar-refractivity contribution in [3.63, 3.8) is 0 Å². The molecule has 258 valence electrons. The molecular weight excluding hydrogens is 723 g/mol. The number of amides is 2. The summed E-state index contributed by atoms with van der Waals surface area (Å²) in [5.41, 5.74) is 4.54. The number of aliphatic carboxylic acids is 1. The fourth-order valence-electron chi connectivity index (χ4n) is 4.84. The summed E-state index contributed by atoms with van der Waals surface area (Å²) in [6, 6.07) is 1.96. The topological polar surface area (TPSA) is 305 Å². The Morgan fingerprint density at radius 2 is 1.86 bits per heavy atom. The highest BCUT2D eigenvalue weighted by atomic mass is 32.2. The molecule has 0 spiro atoms. The van der Waals surface area contributed by atoms with E-state index in [1.165, 1.54) is 34.1 Å². The number of hydrogen-bond acceptors (Lipinski definition) is 17. The van der Waals surface area contributed by atoms with Gasteiger partial charge in [-0.3, -0.25) is 14.5 Å². The first-order chi connectivity index (χ1) is 23.8. The number of anilines is 1. The number of nitrogen functional groups attached to an aromatic ring is 1. The van der Waals surface area contributed by atoms with Crippen molar-refractivity contribution >= 4 is 81.2 Å². The molecule has 0 aliphatic carbocycles. The number of carboxylic acid groups (broad SMARTS) is 3. The van der Waals surface area contributed by atoms with Gasteiger partial charge in [0, 0.05) is 28.5 Å². The largest absolute Gasteiger partial charge is 0.504 e. The quantitative estimate of drug-likeness (QED) is 0.0258. The number of oxime groups is 1. The molecule has 4 aromatic rings. The average molecular weight is 744 g/mol. The Bertz CT molecular complexity index is 2170. The van der Waals surface area contributed by atoms with Gasteiger partial charge in [0.05, 0.1) is 5.56 Å². The van der Waals surface area contributed by atoms with E-state index in [-0.39, 0.29) is 50.6 Å². The van der Waals surface area contributed by atoms with Gasteiger partial charge in [0.15, 0.2) is 28.0 Å². The summed E-state index contributed by atoms with van der Waals surface area (Å²) >= 11 is 3.24. The Hall–Kier alpha value is -5.94. The second-order valence-electron chi connectivity index (χ2n) is 10.3. The molecule has 0 saturated carbocycles. The maximum Gasteiger partial charge on any atom is 0.354 e. The van der Waals surface area contributed by atoms with E-state index >= 15 is 0 Å². The number of thioether (sulfide) groups is 2. The number of benzene rings is 1. The summed E-state index contributed by atoms with van der Waals surface area (Å²) < 4.78 is 1.30. The first-order valence-electron chi connectivity index (χ1n) is 13.8. The van der Waals surface area contributed by atoms with E-state index in [1.54, 1.807) is 0 Å².